The molecule has 1 fully saturated rings. The van der Waals surface area contributed by atoms with Gasteiger partial charge >= 0.3 is 0 Å². The summed E-state index contributed by atoms with van der Waals surface area (Å²) < 4.78 is 24.2. The van der Waals surface area contributed by atoms with Gasteiger partial charge in [0.15, 0.2) is 11.5 Å². The summed E-state index contributed by atoms with van der Waals surface area (Å²) in [6.45, 7) is 0.181. The molecule has 1 saturated heterocycles. The fourth-order valence-corrected chi connectivity index (χ4v) is 3.28. The van der Waals surface area contributed by atoms with Crippen LogP contribution in [0.3, 0.4) is 0 Å². The van der Waals surface area contributed by atoms with Crippen LogP contribution in [-0.4, -0.2) is 42.8 Å². The van der Waals surface area contributed by atoms with Crippen molar-refractivity contribution in [3.05, 3.63) is 59.4 Å². The summed E-state index contributed by atoms with van der Waals surface area (Å²) in [5.41, 5.74) is 1.00. The Morgan fingerprint density at radius 2 is 1.96 bits per heavy atom. The Bertz CT molecular complexity index is 780. The van der Waals surface area contributed by atoms with Crippen LogP contribution < -0.4 is 9.47 Å². The number of carbonyl (C=O) groups is 1. The Morgan fingerprint density at radius 3 is 2.64 bits per heavy atom. The normalized spacial score (nSPS) is 19.8. The average molecular weight is 345 g/mol. The summed E-state index contributed by atoms with van der Waals surface area (Å²) in [5.74, 6) is 0.136. The molecule has 2 aromatic rings. The molecule has 3 rings (SSSR count). The van der Waals surface area contributed by atoms with Crippen molar-refractivity contribution < 1.29 is 23.8 Å². The number of nitrogens with zero attached hydrogens (tertiary/aromatic N) is 1. The number of amides is 1. The number of para-hydroxylation sites is 1. The molecule has 2 atom stereocenters. The molecule has 0 saturated carbocycles. The van der Waals surface area contributed by atoms with Gasteiger partial charge in [0.05, 0.1) is 31.9 Å². The second kappa shape index (κ2) is 7.11. The van der Waals surface area contributed by atoms with Gasteiger partial charge in [0.25, 0.3) is 5.91 Å². The number of carbonyl (C=O) groups excluding carboxylic acids is 1. The third-order valence-electron chi connectivity index (χ3n) is 4.41. The van der Waals surface area contributed by atoms with Crippen LogP contribution >= 0.6 is 0 Å². The van der Waals surface area contributed by atoms with Gasteiger partial charge in [-0.1, -0.05) is 18.2 Å². The average Bonchev–Trinajstić information content (AvgIpc) is 3.02. The number of rotatable bonds is 4. The van der Waals surface area contributed by atoms with E-state index in [2.05, 4.69) is 0 Å². The first-order valence-corrected chi connectivity index (χ1v) is 8.00. The monoisotopic (exact) mass is 345 g/mol. The van der Waals surface area contributed by atoms with Crippen LogP contribution in [0.5, 0.6) is 11.5 Å². The number of β-amino-alcohol motifs (C(OH)–C–C–N with tert-alkyl or cyclic N) is 1. The zero-order chi connectivity index (χ0) is 18.0. The first-order chi connectivity index (χ1) is 12.0. The smallest absolute Gasteiger partial charge is 0.258 e. The molecule has 0 aliphatic carbocycles. The van der Waals surface area contributed by atoms with Gasteiger partial charge in [-0.3, -0.25) is 4.79 Å². The Labute approximate surface area is 145 Å². The first kappa shape index (κ1) is 17.2. The van der Waals surface area contributed by atoms with Crippen LogP contribution in [0.2, 0.25) is 0 Å². The van der Waals surface area contributed by atoms with Gasteiger partial charge in [-0.15, -0.1) is 0 Å². The SMILES string of the molecule is COc1cccc(C(=O)N2C[C@@H](O)C[C@@H]2c2cccc(F)c2)c1OC. The van der Waals surface area contributed by atoms with E-state index in [1.807, 2.05) is 0 Å². The van der Waals surface area contributed by atoms with Crippen LogP contribution in [0.4, 0.5) is 4.39 Å². The van der Waals surface area contributed by atoms with E-state index < -0.39 is 12.1 Å². The standard InChI is InChI=1S/C19H20FNO4/c1-24-17-8-4-7-15(18(17)25-2)19(23)21-11-14(22)10-16(21)12-5-3-6-13(20)9-12/h3-9,14,16,22H,10-11H2,1-2H3/t14-,16+/m0/s1. The Hall–Kier alpha value is -2.60. The number of aliphatic hydroxyl groups excluding tert-OH is 1. The van der Waals surface area contributed by atoms with E-state index in [4.69, 9.17) is 9.47 Å². The third kappa shape index (κ3) is 3.30. The first-order valence-electron chi connectivity index (χ1n) is 8.00. The zero-order valence-corrected chi connectivity index (χ0v) is 14.1. The van der Waals surface area contributed by atoms with E-state index in [-0.39, 0.29) is 18.3 Å². The maximum Gasteiger partial charge on any atom is 0.258 e. The van der Waals surface area contributed by atoms with Crippen LogP contribution in [0.25, 0.3) is 0 Å². The minimum absolute atomic E-state index is 0.181. The minimum atomic E-state index is -0.658. The largest absolute Gasteiger partial charge is 0.493 e. The van der Waals surface area contributed by atoms with Gasteiger partial charge in [-0.25, -0.2) is 4.39 Å². The van der Waals surface area contributed by atoms with Gasteiger partial charge < -0.3 is 19.5 Å². The quantitative estimate of drug-likeness (QED) is 0.926. The Balaban J connectivity index is 1.98. The van der Waals surface area contributed by atoms with Gasteiger partial charge in [0, 0.05) is 6.54 Å². The third-order valence-corrected chi connectivity index (χ3v) is 4.41. The fraction of sp³-hybridized carbons (Fsp3) is 0.316. The summed E-state index contributed by atoms with van der Waals surface area (Å²) in [6, 6.07) is 10.8. The summed E-state index contributed by atoms with van der Waals surface area (Å²) >= 11 is 0. The van der Waals surface area contributed by atoms with Gasteiger partial charge in [-0.2, -0.15) is 0 Å². The van der Waals surface area contributed by atoms with Crippen molar-refractivity contribution in [3.63, 3.8) is 0 Å². The van der Waals surface area contributed by atoms with Crippen LogP contribution in [0.15, 0.2) is 42.5 Å². The van der Waals surface area contributed by atoms with Crippen molar-refractivity contribution in [1.29, 1.82) is 0 Å². The van der Waals surface area contributed by atoms with Crippen molar-refractivity contribution in [2.45, 2.75) is 18.6 Å². The van der Waals surface area contributed by atoms with E-state index in [9.17, 15) is 14.3 Å². The maximum atomic E-state index is 13.6. The number of likely N-dealkylation sites (tertiary alicyclic amines) is 1. The number of hydrogen-bond acceptors (Lipinski definition) is 4. The molecular weight excluding hydrogens is 325 g/mol. The molecular formula is C19H20FNO4. The molecule has 0 spiro atoms. The van der Waals surface area contributed by atoms with E-state index in [1.165, 1.54) is 26.4 Å². The molecule has 5 nitrogen and oxygen atoms in total. The topological polar surface area (TPSA) is 59.0 Å². The van der Waals surface area contributed by atoms with Crippen LogP contribution in [-0.2, 0) is 0 Å². The molecule has 0 aromatic heterocycles. The number of halogens is 1. The molecule has 132 valence electrons. The lowest BCUT2D eigenvalue weighted by molar-refractivity contribution is 0.0711. The molecule has 1 aliphatic heterocycles. The molecule has 0 unspecified atom stereocenters. The van der Waals surface area contributed by atoms with Gasteiger partial charge in [0.2, 0.25) is 0 Å². The minimum Gasteiger partial charge on any atom is -0.493 e. The van der Waals surface area contributed by atoms with Gasteiger partial charge in [0.1, 0.15) is 5.82 Å². The van der Waals surface area contributed by atoms with Crippen molar-refractivity contribution in [3.8, 4) is 11.5 Å². The molecule has 6 heteroatoms. The van der Waals surface area contributed by atoms with Crippen LogP contribution in [0.1, 0.15) is 28.4 Å². The predicted molar refractivity (Wildman–Crippen MR) is 90.3 cm³/mol. The van der Waals surface area contributed by atoms with Crippen molar-refractivity contribution >= 4 is 5.91 Å². The highest BCUT2D eigenvalue weighted by atomic mass is 19.1. The lowest BCUT2D eigenvalue weighted by atomic mass is 10.0. The van der Waals surface area contributed by atoms with E-state index in [0.29, 0.717) is 29.0 Å². The zero-order valence-electron chi connectivity index (χ0n) is 14.1. The van der Waals surface area contributed by atoms with Crippen LogP contribution in [0, 0.1) is 5.82 Å². The Morgan fingerprint density at radius 1 is 1.20 bits per heavy atom. The maximum absolute atomic E-state index is 13.6. The molecule has 1 N–H and O–H groups in total. The summed E-state index contributed by atoms with van der Waals surface area (Å²) in [4.78, 5) is 14.6. The number of benzene rings is 2. The van der Waals surface area contributed by atoms with Crippen molar-refractivity contribution in [2.24, 2.45) is 0 Å². The lowest BCUT2D eigenvalue weighted by Gasteiger charge is -2.26. The van der Waals surface area contributed by atoms with Crippen molar-refractivity contribution in [1.82, 2.24) is 4.90 Å². The molecule has 1 aliphatic rings. The molecule has 25 heavy (non-hydrogen) atoms. The molecule has 1 heterocycles. The highest BCUT2D eigenvalue weighted by Gasteiger charge is 2.37. The summed E-state index contributed by atoms with van der Waals surface area (Å²) in [7, 11) is 2.97. The second-order valence-electron chi connectivity index (χ2n) is 5.96. The number of ether oxygens (including phenoxy) is 2. The molecule has 0 bridgehead atoms. The molecule has 1 amide bonds. The second-order valence-corrected chi connectivity index (χ2v) is 5.96. The number of methoxy groups -OCH3 is 2. The molecule has 2 aromatic carbocycles. The Kier molecular flexibility index (Phi) is 4.90. The summed E-state index contributed by atoms with van der Waals surface area (Å²) in [6.07, 6.45) is -0.296. The van der Waals surface area contributed by atoms with E-state index in [1.54, 1.807) is 35.2 Å². The van der Waals surface area contributed by atoms with E-state index >= 15 is 0 Å². The van der Waals surface area contributed by atoms with E-state index in [0.717, 1.165) is 0 Å². The highest BCUT2D eigenvalue weighted by molar-refractivity contribution is 5.98. The summed E-state index contributed by atoms with van der Waals surface area (Å²) in [5, 5.41) is 10.1. The number of aliphatic hydroxyl groups is 1. The number of hydrogen-bond donors (Lipinski definition) is 1. The lowest BCUT2D eigenvalue weighted by Crippen LogP contribution is -2.32. The predicted octanol–water partition coefficient (Wildman–Crippen LogP) is 2.79. The fourth-order valence-electron chi connectivity index (χ4n) is 3.28. The van der Waals surface area contributed by atoms with Crippen molar-refractivity contribution in [2.75, 3.05) is 20.8 Å². The van der Waals surface area contributed by atoms with Gasteiger partial charge in [-0.05, 0) is 36.2 Å². The molecule has 0 radical (unpaired) electrons. The highest BCUT2D eigenvalue weighted by Crippen LogP contribution is 2.37.